The lowest BCUT2D eigenvalue weighted by Crippen LogP contribution is -2.60. The molecule has 2 aromatic heterocycles. The lowest BCUT2D eigenvalue weighted by atomic mass is 9.81. The third-order valence-electron chi connectivity index (χ3n) is 7.17. The van der Waals surface area contributed by atoms with Crippen LogP contribution >= 0.6 is 0 Å². The standard InChI is InChI=1S/C26H41N5O2/c1-7-16(2)29-24-28-15-21-22(30-24)20(17-8-10-18(32)11-9-17)14-27-23(21)33-19-12-25(3,4)31-26(5,6)13-19/h14-19,31-32H,7-13H2,1-6H3,(H,28,29,30)/t16-,17?,18?/m0/s1. The highest BCUT2D eigenvalue weighted by atomic mass is 16.5. The molecule has 3 heterocycles. The van der Waals surface area contributed by atoms with Crippen LogP contribution in [-0.4, -0.2) is 49.4 Å². The molecule has 4 rings (SSSR count). The van der Waals surface area contributed by atoms with Crippen LogP contribution in [0.5, 0.6) is 5.88 Å². The number of aliphatic hydroxyl groups excluding tert-OH is 1. The van der Waals surface area contributed by atoms with Gasteiger partial charge in [-0.05, 0) is 72.6 Å². The fourth-order valence-electron chi connectivity index (χ4n) is 5.66. The summed E-state index contributed by atoms with van der Waals surface area (Å²) in [5.41, 5.74) is 2.06. The number of hydrogen-bond donors (Lipinski definition) is 3. The van der Waals surface area contributed by atoms with E-state index in [1.165, 1.54) is 0 Å². The first-order valence-corrected chi connectivity index (χ1v) is 12.6. The number of ether oxygens (including phenoxy) is 1. The summed E-state index contributed by atoms with van der Waals surface area (Å²) in [7, 11) is 0. The SMILES string of the molecule is CC[C@H](C)Nc1ncc2c(OC3CC(C)(C)NC(C)(C)C3)ncc(C3CCC(O)CC3)c2n1. The molecule has 0 aromatic carbocycles. The van der Waals surface area contributed by atoms with Gasteiger partial charge in [0.25, 0.3) is 0 Å². The average molecular weight is 456 g/mol. The van der Waals surface area contributed by atoms with Crippen molar-refractivity contribution in [2.75, 3.05) is 5.32 Å². The van der Waals surface area contributed by atoms with Gasteiger partial charge in [-0.2, -0.15) is 0 Å². The van der Waals surface area contributed by atoms with E-state index in [0.717, 1.165) is 61.4 Å². The fourth-order valence-corrected chi connectivity index (χ4v) is 5.66. The predicted molar refractivity (Wildman–Crippen MR) is 133 cm³/mol. The summed E-state index contributed by atoms with van der Waals surface area (Å²) >= 11 is 0. The van der Waals surface area contributed by atoms with Crippen LogP contribution in [0.4, 0.5) is 5.95 Å². The Hall–Kier alpha value is -1.99. The Balaban J connectivity index is 1.69. The number of nitrogens with one attached hydrogen (secondary N) is 2. The summed E-state index contributed by atoms with van der Waals surface area (Å²) in [6, 6.07) is 0.299. The molecule has 33 heavy (non-hydrogen) atoms. The fraction of sp³-hybridized carbons (Fsp3) is 0.731. The van der Waals surface area contributed by atoms with E-state index >= 15 is 0 Å². The molecule has 1 aliphatic heterocycles. The Morgan fingerprint density at radius 1 is 1.09 bits per heavy atom. The third-order valence-corrected chi connectivity index (χ3v) is 7.17. The first-order valence-electron chi connectivity index (χ1n) is 12.6. The molecule has 7 nitrogen and oxygen atoms in total. The van der Waals surface area contributed by atoms with Crippen LogP contribution in [-0.2, 0) is 0 Å². The maximum Gasteiger partial charge on any atom is 0.224 e. The van der Waals surface area contributed by atoms with Crippen LogP contribution < -0.4 is 15.4 Å². The van der Waals surface area contributed by atoms with Crippen molar-refractivity contribution < 1.29 is 9.84 Å². The average Bonchev–Trinajstić information content (AvgIpc) is 2.72. The first-order chi connectivity index (χ1) is 15.5. The van der Waals surface area contributed by atoms with E-state index in [1.54, 1.807) is 0 Å². The second-order valence-electron chi connectivity index (χ2n) is 11.5. The van der Waals surface area contributed by atoms with Gasteiger partial charge >= 0.3 is 0 Å². The minimum atomic E-state index is -0.188. The molecule has 2 fully saturated rings. The van der Waals surface area contributed by atoms with Crippen molar-refractivity contribution in [2.45, 2.75) is 122 Å². The van der Waals surface area contributed by atoms with Gasteiger partial charge in [-0.1, -0.05) is 6.92 Å². The molecule has 0 radical (unpaired) electrons. The molecule has 0 unspecified atom stereocenters. The highest BCUT2D eigenvalue weighted by Crippen LogP contribution is 2.39. The molecule has 0 spiro atoms. The number of anilines is 1. The second kappa shape index (κ2) is 9.34. The minimum absolute atomic E-state index is 0.00499. The Morgan fingerprint density at radius 3 is 2.39 bits per heavy atom. The first kappa shape index (κ1) is 24.1. The van der Waals surface area contributed by atoms with Gasteiger partial charge in [0.1, 0.15) is 6.10 Å². The van der Waals surface area contributed by atoms with Gasteiger partial charge in [0.05, 0.1) is 17.0 Å². The lowest BCUT2D eigenvalue weighted by molar-refractivity contribution is 0.0540. The van der Waals surface area contributed by atoms with Crippen molar-refractivity contribution in [3.05, 3.63) is 18.0 Å². The molecule has 2 aliphatic rings. The molecule has 182 valence electrons. The van der Waals surface area contributed by atoms with Crippen molar-refractivity contribution >= 4 is 16.9 Å². The quantitative estimate of drug-likeness (QED) is 0.568. The molecule has 0 bridgehead atoms. The molecule has 7 heteroatoms. The summed E-state index contributed by atoms with van der Waals surface area (Å²) in [5, 5.41) is 18.0. The molecule has 1 atom stereocenters. The maximum atomic E-state index is 9.99. The van der Waals surface area contributed by atoms with Gasteiger partial charge in [0.15, 0.2) is 0 Å². The van der Waals surface area contributed by atoms with Gasteiger partial charge in [0.2, 0.25) is 11.8 Å². The normalized spacial score (nSPS) is 26.2. The van der Waals surface area contributed by atoms with Crippen LogP contribution in [0.3, 0.4) is 0 Å². The lowest BCUT2D eigenvalue weighted by Gasteiger charge is -2.46. The van der Waals surface area contributed by atoms with E-state index in [-0.39, 0.29) is 23.3 Å². The zero-order chi connectivity index (χ0) is 23.8. The zero-order valence-electron chi connectivity index (χ0n) is 21.1. The van der Waals surface area contributed by atoms with Crippen molar-refractivity contribution in [3.63, 3.8) is 0 Å². The van der Waals surface area contributed by atoms with E-state index in [2.05, 4.69) is 57.2 Å². The second-order valence-corrected chi connectivity index (χ2v) is 11.5. The highest BCUT2D eigenvalue weighted by molar-refractivity contribution is 5.86. The van der Waals surface area contributed by atoms with E-state index in [9.17, 15) is 5.11 Å². The smallest absolute Gasteiger partial charge is 0.224 e. The van der Waals surface area contributed by atoms with Crippen molar-refractivity contribution in [1.82, 2.24) is 20.3 Å². The Kier molecular flexibility index (Phi) is 6.83. The number of aliphatic hydroxyl groups is 1. The Bertz CT molecular complexity index is 953. The van der Waals surface area contributed by atoms with Crippen LogP contribution in [0.2, 0.25) is 0 Å². The summed E-state index contributed by atoms with van der Waals surface area (Å²) in [4.78, 5) is 14.4. The van der Waals surface area contributed by atoms with Gasteiger partial charge in [0, 0.05) is 47.9 Å². The van der Waals surface area contributed by atoms with Crippen LogP contribution in [0, 0.1) is 0 Å². The Morgan fingerprint density at radius 2 is 1.76 bits per heavy atom. The van der Waals surface area contributed by atoms with Crippen LogP contribution in [0.25, 0.3) is 10.9 Å². The molecule has 1 saturated heterocycles. The molecule has 0 amide bonds. The van der Waals surface area contributed by atoms with Crippen LogP contribution in [0.15, 0.2) is 12.4 Å². The minimum Gasteiger partial charge on any atom is -0.474 e. The topological polar surface area (TPSA) is 92.2 Å². The van der Waals surface area contributed by atoms with Crippen molar-refractivity contribution in [3.8, 4) is 5.88 Å². The van der Waals surface area contributed by atoms with Crippen molar-refractivity contribution in [1.29, 1.82) is 0 Å². The summed E-state index contributed by atoms with van der Waals surface area (Å²) in [6.45, 7) is 13.2. The summed E-state index contributed by atoms with van der Waals surface area (Å²) in [5.74, 6) is 1.62. The number of aromatic nitrogens is 3. The summed E-state index contributed by atoms with van der Waals surface area (Å²) in [6.07, 6.45) is 10.1. The van der Waals surface area contributed by atoms with E-state index in [4.69, 9.17) is 14.7 Å². The largest absolute Gasteiger partial charge is 0.474 e. The molecule has 1 saturated carbocycles. The number of piperidine rings is 1. The zero-order valence-corrected chi connectivity index (χ0v) is 21.1. The monoisotopic (exact) mass is 455 g/mol. The highest BCUT2D eigenvalue weighted by Gasteiger charge is 2.39. The van der Waals surface area contributed by atoms with Gasteiger partial charge in [-0.15, -0.1) is 0 Å². The predicted octanol–water partition coefficient (Wildman–Crippen LogP) is 4.94. The number of fused-ring (bicyclic) bond motifs is 1. The number of hydrogen-bond acceptors (Lipinski definition) is 7. The number of rotatable bonds is 6. The van der Waals surface area contributed by atoms with E-state index in [1.807, 2.05) is 12.4 Å². The van der Waals surface area contributed by atoms with Crippen molar-refractivity contribution in [2.24, 2.45) is 0 Å². The number of nitrogens with zero attached hydrogens (tertiary/aromatic N) is 3. The maximum absolute atomic E-state index is 9.99. The van der Waals surface area contributed by atoms with Gasteiger partial charge in [-0.25, -0.2) is 15.0 Å². The molecule has 3 N–H and O–H groups in total. The third kappa shape index (κ3) is 5.75. The molecular formula is C26H41N5O2. The van der Waals surface area contributed by atoms with Crippen LogP contribution in [0.1, 0.15) is 98.0 Å². The number of pyridine rings is 1. The molecule has 2 aromatic rings. The van der Waals surface area contributed by atoms with Gasteiger partial charge < -0.3 is 20.5 Å². The van der Waals surface area contributed by atoms with E-state index < -0.39 is 0 Å². The summed E-state index contributed by atoms with van der Waals surface area (Å²) < 4.78 is 6.55. The Labute approximate surface area is 198 Å². The van der Waals surface area contributed by atoms with E-state index in [0.29, 0.717) is 23.8 Å². The van der Waals surface area contributed by atoms with Gasteiger partial charge in [-0.3, -0.25) is 0 Å². The molecule has 1 aliphatic carbocycles. The molecular weight excluding hydrogens is 414 g/mol.